The third-order valence-electron chi connectivity index (χ3n) is 5.33. The van der Waals surface area contributed by atoms with Crippen molar-refractivity contribution in [2.75, 3.05) is 38.2 Å². The van der Waals surface area contributed by atoms with Crippen LogP contribution in [0.5, 0.6) is 17.2 Å². The number of fused-ring (bicyclic) bond motifs is 2. The molecule has 3 heterocycles. The summed E-state index contributed by atoms with van der Waals surface area (Å²) in [5.74, 6) is 0.609. The Hall–Kier alpha value is -3.29. The molecule has 2 amide bonds. The molecule has 2 aromatic carbocycles. The third kappa shape index (κ3) is 3.35. The minimum absolute atomic E-state index is 0.0790. The maximum absolute atomic E-state index is 14.3. The Morgan fingerprint density at radius 2 is 2.07 bits per heavy atom. The molecule has 0 spiro atoms. The topological polar surface area (TPSA) is 77.1 Å². The molecule has 150 valence electrons. The fraction of sp³-hybridized carbons (Fsp3) is 0.333. The molecule has 1 saturated heterocycles. The van der Waals surface area contributed by atoms with Crippen LogP contribution in [0.15, 0.2) is 30.3 Å². The molecule has 0 saturated carbocycles. The molecule has 7 nitrogen and oxygen atoms in total. The van der Waals surface area contributed by atoms with E-state index in [1.54, 1.807) is 4.90 Å². The van der Waals surface area contributed by atoms with Crippen molar-refractivity contribution in [1.29, 1.82) is 0 Å². The average molecular weight is 398 g/mol. The lowest BCUT2D eigenvalue weighted by Crippen LogP contribution is -2.52. The standard InChI is InChI=1S/C21H19FN2O5/c22-16-7-19-17(23-20(25)11-29-19)6-15(16)21(26)24-8-12(9-24)10-28-14-2-1-13-3-4-27-18(13)5-14/h1-2,5-7,12H,3-4,8-11H2,(H,23,25). The number of hydrogen-bond acceptors (Lipinski definition) is 5. The maximum Gasteiger partial charge on any atom is 0.262 e. The number of likely N-dealkylation sites (tertiary alicyclic amines) is 1. The van der Waals surface area contributed by atoms with Crippen molar-refractivity contribution in [3.8, 4) is 17.2 Å². The van der Waals surface area contributed by atoms with Gasteiger partial charge in [0.15, 0.2) is 6.61 Å². The van der Waals surface area contributed by atoms with Gasteiger partial charge in [0.2, 0.25) is 0 Å². The Morgan fingerprint density at radius 1 is 1.21 bits per heavy atom. The Kier molecular flexibility index (Phi) is 4.26. The summed E-state index contributed by atoms with van der Waals surface area (Å²) in [5, 5.41) is 2.59. The highest BCUT2D eigenvalue weighted by Gasteiger charge is 2.34. The lowest BCUT2D eigenvalue weighted by atomic mass is 9.99. The second-order valence-electron chi connectivity index (χ2n) is 7.42. The van der Waals surface area contributed by atoms with E-state index in [0.29, 0.717) is 32.0 Å². The Morgan fingerprint density at radius 3 is 2.93 bits per heavy atom. The summed E-state index contributed by atoms with van der Waals surface area (Å²) in [6.07, 6.45) is 0.921. The lowest BCUT2D eigenvalue weighted by molar-refractivity contribution is -0.118. The van der Waals surface area contributed by atoms with Gasteiger partial charge in [-0.25, -0.2) is 4.39 Å². The Bertz CT molecular complexity index is 1000. The number of nitrogens with one attached hydrogen (secondary N) is 1. The van der Waals surface area contributed by atoms with Gasteiger partial charge < -0.3 is 24.4 Å². The fourth-order valence-corrected chi connectivity index (χ4v) is 3.73. The van der Waals surface area contributed by atoms with Crippen LogP contribution in [0.1, 0.15) is 15.9 Å². The zero-order valence-corrected chi connectivity index (χ0v) is 15.6. The van der Waals surface area contributed by atoms with Crippen molar-refractivity contribution in [3.05, 3.63) is 47.3 Å². The molecular formula is C21H19FN2O5. The number of hydrogen-bond donors (Lipinski definition) is 1. The number of halogens is 1. The number of carbonyl (C=O) groups excluding carboxylic acids is 2. The quantitative estimate of drug-likeness (QED) is 0.855. The number of nitrogens with zero attached hydrogens (tertiary/aromatic N) is 1. The van der Waals surface area contributed by atoms with Crippen LogP contribution in [0.4, 0.5) is 10.1 Å². The molecular weight excluding hydrogens is 379 g/mol. The van der Waals surface area contributed by atoms with Gasteiger partial charge in [-0.15, -0.1) is 0 Å². The van der Waals surface area contributed by atoms with Crippen molar-refractivity contribution in [2.45, 2.75) is 6.42 Å². The highest BCUT2D eigenvalue weighted by molar-refractivity contribution is 6.00. The first-order chi connectivity index (χ1) is 14.1. The average Bonchev–Trinajstić information content (AvgIpc) is 3.14. The summed E-state index contributed by atoms with van der Waals surface area (Å²) >= 11 is 0. The van der Waals surface area contributed by atoms with Gasteiger partial charge >= 0.3 is 0 Å². The first-order valence-electron chi connectivity index (χ1n) is 9.51. The zero-order chi connectivity index (χ0) is 20.0. The molecule has 3 aliphatic heterocycles. The van der Waals surface area contributed by atoms with Crippen LogP contribution < -0.4 is 19.5 Å². The molecule has 0 aromatic heterocycles. The summed E-state index contributed by atoms with van der Waals surface area (Å²) < 4.78 is 30.9. The molecule has 0 unspecified atom stereocenters. The molecule has 29 heavy (non-hydrogen) atoms. The van der Waals surface area contributed by atoms with E-state index in [2.05, 4.69) is 5.32 Å². The number of anilines is 1. The van der Waals surface area contributed by atoms with Crippen molar-refractivity contribution in [1.82, 2.24) is 4.90 Å². The number of carbonyl (C=O) groups is 2. The number of rotatable bonds is 4. The zero-order valence-electron chi connectivity index (χ0n) is 15.6. The van der Waals surface area contributed by atoms with Gasteiger partial charge in [0.25, 0.3) is 11.8 Å². The molecule has 0 bridgehead atoms. The summed E-state index contributed by atoms with van der Waals surface area (Å²) in [4.78, 5) is 25.6. The second-order valence-corrected chi connectivity index (χ2v) is 7.42. The normalized spacial score (nSPS) is 17.4. The van der Waals surface area contributed by atoms with Gasteiger partial charge in [0, 0.05) is 37.6 Å². The van der Waals surface area contributed by atoms with Gasteiger partial charge in [-0.1, -0.05) is 6.07 Å². The van der Waals surface area contributed by atoms with Crippen LogP contribution in [0.25, 0.3) is 0 Å². The van der Waals surface area contributed by atoms with Gasteiger partial charge in [0.05, 0.1) is 24.5 Å². The largest absolute Gasteiger partial charge is 0.493 e. The number of ether oxygens (including phenoxy) is 3. The van der Waals surface area contributed by atoms with Crippen molar-refractivity contribution >= 4 is 17.5 Å². The Labute approximate surface area is 166 Å². The molecule has 1 fully saturated rings. The number of benzene rings is 2. The highest BCUT2D eigenvalue weighted by Crippen LogP contribution is 2.33. The lowest BCUT2D eigenvalue weighted by Gasteiger charge is -2.39. The molecule has 1 N–H and O–H groups in total. The monoisotopic (exact) mass is 398 g/mol. The minimum atomic E-state index is -0.664. The summed E-state index contributed by atoms with van der Waals surface area (Å²) in [5.41, 5.74) is 1.42. The summed E-state index contributed by atoms with van der Waals surface area (Å²) in [6.45, 7) is 1.98. The molecule has 8 heteroatoms. The van der Waals surface area contributed by atoms with E-state index in [1.807, 2.05) is 18.2 Å². The summed E-state index contributed by atoms with van der Waals surface area (Å²) in [6, 6.07) is 8.29. The molecule has 2 aromatic rings. The predicted octanol–water partition coefficient (Wildman–Crippen LogP) is 2.24. The number of amides is 2. The van der Waals surface area contributed by atoms with E-state index >= 15 is 0 Å². The second kappa shape index (κ2) is 6.95. The molecule has 3 aliphatic rings. The van der Waals surface area contributed by atoms with Gasteiger partial charge in [-0.3, -0.25) is 9.59 Å². The van der Waals surface area contributed by atoms with Crippen LogP contribution in [0, 0.1) is 11.7 Å². The van der Waals surface area contributed by atoms with Gasteiger partial charge in [-0.05, 0) is 17.7 Å². The van der Waals surface area contributed by atoms with E-state index in [4.69, 9.17) is 14.2 Å². The molecule has 0 aliphatic carbocycles. The first kappa shape index (κ1) is 17.8. The van der Waals surface area contributed by atoms with Crippen LogP contribution in [-0.2, 0) is 11.2 Å². The van der Waals surface area contributed by atoms with Crippen molar-refractivity contribution < 1.29 is 28.2 Å². The van der Waals surface area contributed by atoms with Gasteiger partial charge in [-0.2, -0.15) is 0 Å². The van der Waals surface area contributed by atoms with Crippen LogP contribution >= 0.6 is 0 Å². The molecule has 5 rings (SSSR count). The van der Waals surface area contributed by atoms with E-state index in [9.17, 15) is 14.0 Å². The predicted molar refractivity (Wildman–Crippen MR) is 101 cm³/mol. The minimum Gasteiger partial charge on any atom is -0.493 e. The molecule has 0 atom stereocenters. The van der Waals surface area contributed by atoms with E-state index in [0.717, 1.165) is 24.0 Å². The fourth-order valence-electron chi connectivity index (χ4n) is 3.73. The van der Waals surface area contributed by atoms with E-state index < -0.39 is 11.7 Å². The first-order valence-corrected chi connectivity index (χ1v) is 9.51. The summed E-state index contributed by atoms with van der Waals surface area (Å²) in [7, 11) is 0. The van der Waals surface area contributed by atoms with Crippen LogP contribution in [0.3, 0.4) is 0 Å². The van der Waals surface area contributed by atoms with Crippen LogP contribution in [-0.4, -0.2) is 49.6 Å². The van der Waals surface area contributed by atoms with Crippen LogP contribution in [0.2, 0.25) is 0 Å². The van der Waals surface area contributed by atoms with E-state index in [1.165, 1.54) is 11.6 Å². The van der Waals surface area contributed by atoms with E-state index in [-0.39, 0.29) is 29.7 Å². The van der Waals surface area contributed by atoms with Gasteiger partial charge in [0.1, 0.15) is 23.1 Å². The van der Waals surface area contributed by atoms with Crippen molar-refractivity contribution in [3.63, 3.8) is 0 Å². The maximum atomic E-state index is 14.3. The third-order valence-corrected chi connectivity index (χ3v) is 5.33. The molecule has 0 radical (unpaired) electrons. The smallest absolute Gasteiger partial charge is 0.262 e. The van der Waals surface area contributed by atoms with Crippen molar-refractivity contribution in [2.24, 2.45) is 5.92 Å². The highest BCUT2D eigenvalue weighted by atomic mass is 19.1. The SMILES string of the molecule is O=C1COc2cc(F)c(C(=O)N3CC(COc4ccc5c(c4)OCC5)C3)cc2N1. The Balaban J connectivity index is 1.18.